The molecular formula is C18H20N2. The van der Waals surface area contributed by atoms with Gasteiger partial charge in [0.15, 0.2) is 0 Å². The van der Waals surface area contributed by atoms with E-state index in [0.29, 0.717) is 6.04 Å². The summed E-state index contributed by atoms with van der Waals surface area (Å²) >= 11 is 0. The van der Waals surface area contributed by atoms with Gasteiger partial charge in [0.2, 0.25) is 0 Å². The topological polar surface area (TPSA) is 15.3 Å². The van der Waals surface area contributed by atoms with Crippen LogP contribution in [0.4, 0.5) is 5.69 Å². The fourth-order valence-corrected chi connectivity index (χ4v) is 3.67. The number of fused-ring (bicyclic) bond motifs is 2. The van der Waals surface area contributed by atoms with E-state index in [1.54, 1.807) is 0 Å². The largest absolute Gasteiger partial charge is 0.337 e. The number of anilines is 1. The van der Waals surface area contributed by atoms with Crippen molar-refractivity contribution in [3.05, 3.63) is 64.9 Å². The van der Waals surface area contributed by atoms with Crippen LogP contribution in [0.15, 0.2) is 59.3 Å². The normalized spacial score (nSPS) is 24.6. The molecule has 2 aliphatic heterocycles. The zero-order chi connectivity index (χ0) is 13.5. The average Bonchev–Trinajstić information content (AvgIpc) is 2.82. The van der Waals surface area contributed by atoms with E-state index >= 15 is 0 Å². The Hall–Kier alpha value is -1.80. The number of nitrogens with one attached hydrogen (secondary N) is 1. The highest BCUT2D eigenvalue weighted by atomic mass is 15.2. The summed E-state index contributed by atoms with van der Waals surface area (Å²) in [5.41, 5.74) is 7.28. The summed E-state index contributed by atoms with van der Waals surface area (Å²) in [5.74, 6) is 0. The SMILES string of the molecule is Cc1cccc(N2C3=C(CNCC3)C3=CC=CCC32)c1. The Morgan fingerprint density at radius 1 is 1.30 bits per heavy atom. The van der Waals surface area contributed by atoms with E-state index in [2.05, 4.69) is 59.6 Å². The molecule has 2 heterocycles. The third-order valence-electron chi connectivity index (χ3n) is 4.55. The summed E-state index contributed by atoms with van der Waals surface area (Å²) in [4.78, 5) is 2.58. The number of hydrogen-bond acceptors (Lipinski definition) is 2. The molecule has 0 amide bonds. The second-order valence-electron chi connectivity index (χ2n) is 5.86. The molecule has 1 unspecified atom stereocenters. The standard InChI is InChI=1S/C18H20N2/c1-13-5-4-6-14(11-13)20-17-8-3-2-7-15(17)16-12-19-10-9-18(16)20/h2-7,11,17,19H,8-10,12H2,1H3. The van der Waals surface area contributed by atoms with Gasteiger partial charge in [0.1, 0.15) is 0 Å². The molecule has 0 bridgehead atoms. The zero-order valence-electron chi connectivity index (χ0n) is 11.9. The molecule has 4 rings (SSSR count). The lowest BCUT2D eigenvalue weighted by molar-refractivity contribution is 0.675. The van der Waals surface area contributed by atoms with Gasteiger partial charge in [-0.1, -0.05) is 30.4 Å². The Kier molecular flexibility index (Phi) is 2.78. The van der Waals surface area contributed by atoms with E-state index in [1.165, 1.54) is 28.1 Å². The third-order valence-corrected chi connectivity index (χ3v) is 4.55. The summed E-state index contributed by atoms with van der Waals surface area (Å²) < 4.78 is 0. The van der Waals surface area contributed by atoms with Gasteiger partial charge in [0.05, 0.1) is 6.04 Å². The summed E-state index contributed by atoms with van der Waals surface area (Å²) in [6, 6.07) is 9.42. The van der Waals surface area contributed by atoms with Crippen LogP contribution in [0, 0.1) is 6.92 Å². The Morgan fingerprint density at radius 2 is 2.25 bits per heavy atom. The van der Waals surface area contributed by atoms with E-state index in [0.717, 1.165) is 25.9 Å². The Bertz CT molecular complexity index is 637. The zero-order valence-corrected chi connectivity index (χ0v) is 11.9. The number of rotatable bonds is 1. The summed E-state index contributed by atoms with van der Waals surface area (Å²) in [5, 5.41) is 3.52. The molecule has 1 aromatic rings. The molecule has 0 fully saturated rings. The second kappa shape index (κ2) is 4.64. The van der Waals surface area contributed by atoms with E-state index in [9.17, 15) is 0 Å². The van der Waals surface area contributed by atoms with E-state index in [4.69, 9.17) is 0 Å². The van der Waals surface area contributed by atoms with Crippen LogP contribution in [0.1, 0.15) is 18.4 Å². The van der Waals surface area contributed by atoms with Gasteiger partial charge in [-0.05, 0) is 42.2 Å². The van der Waals surface area contributed by atoms with Crippen molar-refractivity contribution >= 4 is 5.69 Å². The molecule has 3 aliphatic rings. The third kappa shape index (κ3) is 1.75. The predicted molar refractivity (Wildman–Crippen MR) is 83.8 cm³/mol. The van der Waals surface area contributed by atoms with Crippen LogP contribution in [0.3, 0.4) is 0 Å². The predicted octanol–water partition coefficient (Wildman–Crippen LogP) is 3.32. The first kappa shape index (κ1) is 12.0. The van der Waals surface area contributed by atoms with Crippen LogP contribution in [0.2, 0.25) is 0 Å². The Morgan fingerprint density at radius 3 is 3.15 bits per heavy atom. The van der Waals surface area contributed by atoms with E-state index in [1.807, 2.05) is 0 Å². The molecular weight excluding hydrogens is 244 g/mol. The smallest absolute Gasteiger partial charge is 0.0626 e. The van der Waals surface area contributed by atoms with Crippen LogP contribution < -0.4 is 10.2 Å². The number of benzene rings is 1. The first-order valence-corrected chi connectivity index (χ1v) is 7.50. The molecule has 0 saturated heterocycles. The molecule has 1 N–H and O–H groups in total. The highest BCUT2D eigenvalue weighted by Crippen LogP contribution is 2.42. The van der Waals surface area contributed by atoms with Gasteiger partial charge in [-0.25, -0.2) is 0 Å². The van der Waals surface area contributed by atoms with Gasteiger partial charge < -0.3 is 10.2 Å². The van der Waals surface area contributed by atoms with Crippen molar-refractivity contribution in [2.45, 2.75) is 25.8 Å². The van der Waals surface area contributed by atoms with Crippen molar-refractivity contribution < 1.29 is 0 Å². The summed E-state index contributed by atoms with van der Waals surface area (Å²) in [7, 11) is 0. The van der Waals surface area contributed by atoms with Crippen LogP contribution in [-0.2, 0) is 0 Å². The fraction of sp³-hybridized carbons (Fsp3) is 0.333. The molecule has 1 aliphatic carbocycles. The van der Waals surface area contributed by atoms with Crippen LogP contribution in [0.25, 0.3) is 0 Å². The van der Waals surface area contributed by atoms with E-state index < -0.39 is 0 Å². The number of allylic oxidation sites excluding steroid dienone is 2. The van der Waals surface area contributed by atoms with Crippen molar-refractivity contribution in [3.8, 4) is 0 Å². The lowest BCUT2D eigenvalue weighted by atomic mass is 9.94. The van der Waals surface area contributed by atoms with Crippen molar-refractivity contribution in [1.29, 1.82) is 0 Å². The molecule has 0 saturated carbocycles. The summed E-state index contributed by atoms with van der Waals surface area (Å²) in [6.07, 6.45) is 9.07. The highest BCUT2D eigenvalue weighted by molar-refractivity contribution is 5.67. The van der Waals surface area contributed by atoms with Gasteiger partial charge in [0.25, 0.3) is 0 Å². The minimum Gasteiger partial charge on any atom is -0.337 e. The minimum atomic E-state index is 0.506. The molecule has 1 atom stereocenters. The highest BCUT2D eigenvalue weighted by Gasteiger charge is 2.37. The molecule has 102 valence electrons. The first-order valence-electron chi connectivity index (χ1n) is 7.50. The van der Waals surface area contributed by atoms with Gasteiger partial charge in [0, 0.05) is 30.9 Å². The molecule has 0 aromatic heterocycles. The molecule has 2 nitrogen and oxygen atoms in total. The lowest BCUT2D eigenvalue weighted by Gasteiger charge is -2.31. The Labute approximate surface area is 120 Å². The minimum absolute atomic E-state index is 0.506. The number of hydrogen-bond donors (Lipinski definition) is 1. The van der Waals surface area contributed by atoms with Crippen LogP contribution in [-0.4, -0.2) is 19.1 Å². The molecule has 0 radical (unpaired) electrons. The lowest BCUT2D eigenvalue weighted by Crippen LogP contribution is -2.32. The van der Waals surface area contributed by atoms with Gasteiger partial charge >= 0.3 is 0 Å². The van der Waals surface area contributed by atoms with Crippen LogP contribution >= 0.6 is 0 Å². The monoisotopic (exact) mass is 264 g/mol. The van der Waals surface area contributed by atoms with Gasteiger partial charge in [-0.2, -0.15) is 0 Å². The molecule has 2 heteroatoms. The van der Waals surface area contributed by atoms with Crippen molar-refractivity contribution in [1.82, 2.24) is 5.32 Å². The average molecular weight is 264 g/mol. The van der Waals surface area contributed by atoms with Crippen molar-refractivity contribution in [2.24, 2.45) is 0 Å². The quantitative estimate of drug-likeness (QED) is 0.837. The van der Waals surface area contributed by atoms with Crippen LogP contribution in [0.5, 0.6) is 0 Å². The first-order chi connectivity index (χ1) is 9.84. The second-order valence-corrected chi connectivity index (χ2v) is 5.86. The maximum atomic E-state index is 3.52. The fourth-order valence-electron chi connectivity index (χ4n) is 3.67. The van der Waals surface area contributed by atoms with Gasteiger partial charge in [-0.15, -0.1) is 0 Å². The maximum Gasteiger partial charge on any atom is 0.0626 e. The number of nitrogens with zero attached hydrogens (tertiary/aromatic N) is 1. The molecule has 1 aromatic carbocycles. The van der Waals surface area contributed by atoms with E-state index in [-0.39, 0.29) is 0 Å². The van der Waals surface area contributed by atoms with Gasteiger partial charge in [-0.3, -0.25) is 0 Å². The van der Waals surface area contributed by atoms with Crippen molar-refractivity contribution in [2.75, 3.05) is 18.0 Å². The maximum absolute atomic E-state index is 3.52. The molecule has 20 heavy (non-hydrogen) atoms. The number of aryl methyl sites for hydroxylation is 1. The van der Waals surface area contributed by atoms with Crippen molar-refractivity contribution in [3.63, 3.8) is 0 Å². The molecule has 0 spiro atoms. The summed E-state index contributed by atoms with van der Waals surface area (Å²) in [6.45, 7) is 4.29. The Balaban J connectivity index is 1.84.